The van der Waals surface area contributed by atoms with Gasteiger partial charge in [0.15, 0.2) is 0 Å². The summed E-state index contributed by atoms with van der Waals surface area (Å²) in [6, 6.07) is 0.745. The number of nitrogens with zero attached hydrogens (tertiary/aromatic N) is 2. The van der Waals surface area contributed by atoms with Gasteiger partial charge in [-0.3, -0.25) is 0 Å². The monoisotopic (exact) mass is 344 g/mol. The van der Waals surface area contributed by atoms with Gasteiger partial charge >= 0.3 is 0 Å². The van der Waals surface area contributed by atoms with E-state index in [1.54, 1.807) is 6.20 Å². The normalized spacial score (nSPS) is 24.5. The van der Waals surface area contributed by atoms with Crippen molar-refractivity contribution < 1.29 is 9.47 Å². The van der Waals surface area contributed by atoms with Crippen molar-refractivity contribution in [2.45, 2.75) is 63.6 Å². The van der Waals surface area contributed by atoms with E-state index in [4.69, 9.17) is 15.9 Å². The molecule has 1 aromatic rings. The van der Waals surface area contributed by atoms with Gasteiger partial charge in [0.1, 0.15) is 5.82 Å². The summed E-state index contributed by atoms with van der Waals surface area (Å²) in [7, 11) is 0. The van der Waals surface area contributed by atoms with Gasteiger partial charge in [-0.25, -0.2) is 4.98 Å². The smallest absolute Gasteiger partial charge is 0.224 e. The van der Waals surface area contributed by atoms with Crippen LogP contribution in [0.4, 0.5) is 11.8 Å². The predicted molar refractivity (Wildman–Crippen MR) is 98.7 cm³/mol. The van der Waals surface area contributed by atoms with Gasteiger partial charge < -0.3 is 20.1 Å². The molecule has 1 aliphatic heterocycles. The fraction of sp³-hybridized carbons (Fsp3) is 0.684. The first-order valence-electron chi connectivity index (χ1n) is 9.34. The van der Waals surface area contributed by atoms with Gasteiger partial charge in [-0.2, -0.15) is 4.98 Å². The molecule has 3 rings (SSSR count). The fourth-order valence-electron chi connectivity index (χ4n) is 3.49. The van der Waals surface area contributed by atoms with E-state index < -0.39 is 0 Å². The van der Waals surface area contributed by atoms with Crippen LogP contribution in [-0.4, -0.2) is 48.0 Å². The summed E-state index contributed by atoms with van der Waals surface area (Å²) in [4.78, 5) is 9.03. The molecule has 0 amide bonds. The minimum Gasteiger partial charge on any atom is -0.381 e. The third-order valence-electron chi connectivity index (χ3n) is 4.92. The topological polar surface area (TPSA) is 68.3 Å². The lowest BCUT2D eigenvalue weighted by atomic mass is 9.93. The quantitative estimate of drug-likeness (QED) is 0.774. The van der Waals surface area contributed by atoms with E-state index in [2.05, 4.69) is 33.4 Å². The molecule has 0 aromatic carbocycles. The molecule has 1 aliphatic carbocycles. The maximum absolute atomic E-state index is 5.71. The average molecular weight is 344 g/mol. The van der Waals surface area contributed by atoms with E-state index in [0.717, 1.165) is 64.2 Å². The van der Waals surface area contributed by atoms with Crippen LogP contribution in [0.2, 0.25) is 0 Å². The summed E-state index contributed by atoms with van der Waals surface area (Å²) in [5.41, 5.74) is 0.706. The number of aromatic nitrogens is 2. The van der Waals surface area contributed by atoms with Crippen molar-refractivity contribution >= 4 is 11.8 Å². The Kier molecular flexibility index (Phi) is 6.48. The zero-order valence-corrected chi connectivity index (χ0v) is 15.0. The third-order valence-corrected chi connectivity index (χ3v) is 4.92. The van der Waals surface area contributed by atoms with Gasteiger partial charge in [-0.15, -0.1) is 6.42 Å². The number of terminal acetylenes is 1. The van der Waals surface area contributed by atoms with Crippen molar-refractivity contribution in [3.63, 3.8) is 0 Å². The largest absolute Gasteiger partial charge is 0.381 e. The minimum absolute atomic E-state index is 0.352. The highest BCUT2D eigenvalue weighted by atomic mass is 16.5. The summed E-state index contributed by atoms with van der Waals surface area (Å²) in [5, 5.41) is 6.93. The van der Waals surface area contributed by atoms with Crippen LogP contribution in [-0.2, 0) is 9.47 Å². The second-order valence-electron chi connectivity index (χ2n) is 6.70. The number of hydrogen-bond donors (Lipinski definition) is 2. The minimum atomic E-state index is 0.352. The average Bonchev–Trinajstić information content (AvgIpc) is 2.65. The van der Waals surface area contributed by atoms with Crippen LogP contribution in [0.15, 0.2) is 6.20 Å². The third kappa shape index (κ3) is 5.07. The molecule has 6 heteroatoms. The molecule has 6 nitrogen and oxygen atoms in total. The Morgan fingerprint density at radius 2 is 1.88 bits per heavy atom. The van der Waals surface area contributed by atoms with Crippen molar-refractivity contribution in [2.75, 3.05) is 30.5 Å². The lowest BCUT2D eigenvalue weighted by Crippen LogP contribution is -2.31. The Labute approximate surface area is 150 Å². The molecule has 0 bridgehead atoms. The molecule has 2 fully saturated rings. The molecule has 1 aromatic heterocycles. The van der Waals surface area contributed by atoms with Crippen LogP contribution in [0.25, 0.3) is 0 Å². The molecule has 2 aliphatic rings. The van der Waals surface area contributed by atoms with Crippen LogP contribution in [0, 0.1) is 12.3 Å². The Hall–Kier alpha value is -1.84. The number of anilines is 2. The highest BCUT2D eigenvalue weighted by molar-refractivity contribution is 5.55. The van der Waals surface area contributed by atoms with Gasteiger partial charge in [0.05, 0.1) is 17.9 Å². The first kappa shape index (κ1) is 18.0. The molecule has 2 heterocycles. The van der Waals surface area contributed by atoms with Crippen molar-refractivity contribution in [1.29, 1.82) is 0 Å². The van der Waals surface area contributed by atoms with E-state index in [1.165, 1.54) is 0 Å². The molecule has 0 spiro atoms. The summed E-state index contributed by atoms with van der Waals surface area (Å²) in [6.45, 7) is 4.41. The van der Waals surface area contributed by atoms with Crippen LogP contribution < -0.4 is 10.6 Å². The fourth-order valence-corrected chi connectivity index (χ4v) is 3.49. The predicted octanol–water partition coefficient (Wildman–Crippen LogP) is 2.81. The van der Waals surface area contributed by atoms with E-state index in [0.29, 0.717) is 29.7 Å². The van der Waals surface area contributed by atoms with E-state index in [-0.39, 0.29) is 0 Å². The standard InChI is InChI=1S/C19H28N4O2/c1-3-14-13-20-19(22-15-5-7-17(8-6-15)25-4-2)23-18(14)21-16-9-11-24-12-10-16/h1,13,15-17H,4-12H2,2H3,(H2,20,21,22,23). The van der Waals surface area contributed by atoms with Crippen LogP contribution >= 0.6 is 0 Å². The molecule has 136 valence electrons. The molecular weight excluding hydrogens is 316 g/mol. The van der Waals surface area contributed by atoms with Gasteiger partial charge in [-0.05, 0) is 45.4 Å². The number of nitrogens with one attached hydrogen (secondary N) is 2. The van der Waals surface area contributed by atoms with E-state index >= 15 is 0 Å². The van der Waals surface area contributed by atoms with Crippen LogP contribution in [0.1, 0.15) is 51.0 Å². The van der Waals surface area contributed by atoms with Gasteiger partial charge in [0.25, 0.3) is 0 Å². The molecule has 0 unspecified atom stereocenters. The summed E-state index contributed by atoms with van der Waals surface area (Å²) in [6.07, 6.45) is 14.0. The van der Waals surface area contributed by atoms with E-state index in [1.807, 2.05) is 0 Å². The molecule has 1 saturated heterocycles. The molecule has 0 radical (unpaired) electrons. The molecule has 0 atom stereocenters. The lowest BCUT2D eigenvalue weighted by Gasteiger charge is -2.29. The Bertz CT molecular complexity index is 588. The Morgan fingerprint density at radius 1 is 1.16 bits per heavy atom. The summed E-state index contributed by atoms with van der Waals surface area (Å²) >= 11 is 0. The van der Waals surface area contributed by atoms with Crippen molar-refractivity contribution in [3.8, 4) is 12.3 Å². The van der Waals surface area contributed by atoms with Gasteiger partial charge in [0.2, 0.25) is 5.95 Å². The van der Waals surface area contributed by atoms with Crippen molar-refractivity contribution in [3.05, 3.63) is 11.8 Å². The Morgan fingerprint density at radius 3 is 2.56 bits per heavy atom. The first-order chi connectivity index (χ1) is 12.3. The second kappa shape index (κ2) is 9.02. The molecular formula is C19H28N4O2. The number of hydrogen-bond acceptors (Lipinski definition) is 6. The van der Waals surface area contributed by atoms with Crippen LogP contribution in [0.5, 0.6) is 0 Å². The first-order valence-corrected chi connectivity index (χ1v) is 9.34. The maximum atomic E-state index is 5.71. The second-order valence-corrected chi connectivity index (χ2v) is 6.70. The van der Waals surface area contributed by atoms with Gasteiger partial charge in [-0.1, -0.05) is 5.92 Å². The Balaban J connectivity index is 1.60. The zero-order valence-electron chi connectivity index (χ0n) is 15.0. The number of rotatable bonds is 6. The summed E-state index contributed by atoms with van der Waals surface area (Å²) < 4.78 is 11.1. The van der Waals surface area contributed by atoms with Crippen molar-refractivity contribution in [2.24, 2.45) is 0 Å². The van der Waals surface area contributed by atoms with Gasteiger partial charge in [0, 0.05) is 31.9 Å². The molecule has 25 heavy (non-hydrogen) atoms. The number of ether oxygens (including phenoxy) is 2. The van der Waals surface area contributed by atoms with Crippen LogP contribution in [0.3, 0.4) is 0 Å². The molecule has 1 saturated carbocycles. The molecule has 2 N–H and O–H groups in total. The SMILES string of the molecule is C#Cc1cnc(NC2CCC(OCC)CC2)nc1NC1CCOCC1. The zero-order chi connectivity index (χ0) is 17.5. The maximum Gasteiger partial charge on any atom is 0.224 e. The van der Waals surface area contributed by atoms with Crippen molar-refractivity contribution in [1.82, 2.24) is 9.97 Å². The lowest BCUT2D eigenvalue weighted by molar-refractivity contribution is 0.0346. The highest BCUT2D eigenvalue weighted by Crippen LogP contribution is 2.24. The summed E-state index contributed by atoms with van der Waals surface area (Å²) in [5.74, 6) is 4.06. The highest BCUT2D eigenvalue weighted by Gasteiger charge is 2.22. The van der Waals surface area contributed by atoms with E-state index in [9.17, 15) is 0 Å².